The first-order valence-corrected chi connectivity index (χ1v) is 7.53. The quantitative estimate of drug-likeness (QED) is 0.523. The molecule has 0 spiro atoms. The summed E-state index contributed by atoms with van der Waals surface area (Å²) in [6, 6.07) is 9.31. The molecule has 94 valence electrons. The van der Waals surface area contributed by atoms with Crippen molar-refractivity contribution in [1.82, 2.24) is 9.97 Å². The molecule has 0 saturated heterocycles. The Balaban J connectivity index is 2.51. The van der Waals surface area contributed by atoms with Crippen molar-refractivity contribution in [3.05, 3.63) is 51.3 Å². The van der Waals surface area contributed by atoms with Crippen LogP contribution in [0.5, 0.6) is 0 Å². The fraction of sp³-hybridized carbons (Fsp3) is 0.167. The summed E-state index contributed by atoms with van der Waals surface area (Å²) in [6.07, 6.45) is 1.06. The first-order valence-electron chi connectivity index (χ1n) is 5.13. The minimum atomic E-state index is -0.825. The van der Waals surface area contributed by atoms with Gasteiger partial charge in [-0.15, -0.1) is 11.8 Å². The smallest absolute Gasteiger partial charge is 0.199 e. The van der Waals surface area contributed by atoms with Gasteiger partial charge in [0, 0.05) is 0 Å². The van der Waals surface area contributed by atoms with E-state index in [1.807, 2.05) is 36.6 Å². The highest BCUT2D eigenvalue weighted by atomic mass is 79.9. The Bertz CT molecular complexity index is 553. The molecule has 2 aromatic rings. The van der Waals surface area contributed by atoms with Crippen molar-refractivity contribution in [2.45, 2.75) is 11.1 Å². The largest absolute Gasteiger partial charge is 0.383 e. The van der Waals surface area contributed by atoms with E-state index in [9.17, 15) is 5.11 Å². The van der Waals surface area contributed by atoms with Crippen LogP contribution in [-0.2, 0) is 0 Å². The second-order valence-electron chi connectivity index (χ2n) is 3.52. The Morgan fingerprint density at radius 1 is 1.28 bits per heavy atom. The van der Waals surface area contributed by atoms with Crippen molar-refractivity contribution < 1.29 is 5.11 Å². The van der Waals surface area contributed by atoms with E-state index in [1.54, 1.807) is 0 Å². The van der Waals surface area contributed by atoms with Gasteiger partial charge in [0.25, 0.3) is 0 Å². The van der Waals surface area contributed by atoms with Crippen molar-refractivity contribution in [2.75, 3.05) is 6.26 Å². The molecule has 0 bridgehead atoms. The standard InChI is InChI=1S/C12H10BrClN2OS/c1-18-11-8(10(14)15-12(13)16-11)9(17)7-5-3-2-4-6-7/h2-6,9,17H,1H3. The molecule has 0 aliphatic rings. The summed E-state index contributed by atoms with van der Waals surface area (Å²) in [5.41, 5.74) is 1.30. The molecular formula is C12H10BrClN2OS. The van der Waals surface area contributed by atoms with Crippen LogP contribution in [0, 0.1) is 0 Å². The molecule has 0 fully saturated rings. The molecule has 1 heterocycles. The maximum absolute atomic E-state index is 10.4. The van der Waals surface area contributed by atoms with Crippen molar-refractivity contribution in [2.24, 2.45) is 0 Å². The van der Waals surface area contributed by atoms with Gasteiger partial charge in [0.2, 0.25) is 0 Å². The second kappa shape index (κ2) is 6.02. The van der Waals surface area contributed by atoms with Gasteiger partial charge in [-0.1, -0.05) is 41.9 Å². The van der Waals surface area contributed by atoms with Gasteiger partial charge in [0.1, 0.15) is 16.3 Å². The molecule has 18 heavy (non-hydrogen) atoms. The zero-order valence-electron chi connectivity index (χ0n) is 9.47. The molecule has 1 aromatic carbocycles. The van der Waals surface area contributed by atoms with E-state index in [-0.39, 0.29) is 5.15 Å². The lowest BCUT2D eigenvalue weighted by Gasteiger charge is -2.15. The molecule has 1 atom stereocenters. The van der Waals surface area contributed by atoms with Gasteiger partial charge in [-0.05, 0) is 27.7 Å². The summed E-state index contributed by atoms with van der Waals surface area (Å²) >= 11 is 10.7. The fourth-order valence-electron chi connectivity index (χ4n) is 1.59. The first-order chi connectivity index (χ1) is 8.63. The van der Waals surface area contributed by atoms with Crippen LogP contribution in [0.25, 0.3) is 0 Å². The van der Waals surface area contributed by atoms with Crippen LogP contribution < -0.4 is 0 Å². The molecule has 1 unspecified atom stereocenters. The third-order valence-electron chi connectivity index (χ3n) is 2.42. The zero-order chi connectivity index (χ0) is 13.1. The first kappa shape index (κ1) is 13.8. The summed E-state index contributed by atoms with van der Waals surface area (Å²) in [5, 5.41) is 11.3. The number of hydrogen-bond donors (Lipinski definition) is 1. The number of benzene rings is 1. The van der Waals surface area contributed by atoms with Gasteiger partial charge in [0.05, 0.1) is 5.56 Å². The highest BCUT2D eigenvalue weighted by Gasteiger charge is 2.20. The maximum Gasteiger partial charge on any atom is 0.199 e. The molecule has 3 nitrogen and oxygen atoms in total. The number of nitrogens with zero attached hydrogens (tertiary/aromatic N) is 2. The van der Waals surface area contributed by atoms with Crippen LogP contribution in [0.4, 0.5) is 0 Å². The number of rotatable bonds is 3. The van der Waals surface area contributed by atoms with Crippen LogP contribution in [-0.4, -0.2) is 21.3 Å². The molecule has 6 heteroatoms. The number of thioether (sulfide) groups is 1. The van der Waals surface area contributed by atoms with Crippen molar-refractivity contribution in [1.29, 1.82) is 0 Å². The SMILES string of the molecule is CSc1nc(Br)nc(Cl)c1C(O)c1ccccc1. The average Bonchev–Trinajstić information content (AvgIpc) is 2.38. The molecule has 0 aliphatic heterocycles. The third-order valence-corrected chi connectivity index (χ3v) is 3.76. The van der Waals surface area contributed by atoms with Crippen LogP contribution in [0.3, 0.4) is 0 Å². The molecule has 2 rings (SSSR count). The van der Waals surface area contributed by atoms with Crippen LogP contribution in [0.15, 0.2) is 40.1 Å². The minimum absolute atomic E-state index is 0.262. The highest BCUT2D eigenvalue weighted by Crippen LogP contribution is 2.34. The zero-order valence-corrected chi connectivity index (χ0v) is 12.6. The van der Waals surface area contributed by atoms with Gasteiger partial charge in [-0.3, -0.25) is 0 Å². The van der Waals surface area contributed by atoms with Gasteiger partial charge in [-0.25, -0.2) is 9.97 Å². The summed E-state index contributed by atoms with van der Waals surface area (Å²) in [5.74, 6) is 0. The van der Waals surface area contributed by atoms with E-state index in [2.05, 4.69) is 25.9 Å². The Morgan fingerprint density at radius 3 is 2.56 bits per heavy atom. The summed E-state index contributed by atoms with van der Waals surface area (Å²) in [6.45, 7) is 0. The fourth-order valence-corrected chi connectivity index (χ4v) is 3.09. The van der Waals surface area contributed by atoms with Crippen LogP contribution >= 0.6 is 39.3 Å². The van der Waals surface area contributed by atoms with Crippen molar-refractivity contribution in [3.63, 3.8) is 0 Å². The molecule has 1 aromatic heterocycles. The Labute approximate surface area is 123 Å². The predicted octanol–water partition coefficient (Wildman–Crippen LogP) is 3.70. The van der Waals surface area contributed by atoms with Gasteiger partial charge in [-0.2, -0.15) is 0 Å². The number of aromatic nitrogens is 2. The Hall–Kier alpha value is -0.620. The lowest BCUT2D eigenvalue weighted by atomic mass is 10.0. The molecule has 0 saturated carbocycles. The van der Waals surface area contributed by atoms with E-state index < -0.39 is 6.10 Å². The number of aliphatic hydroxyl groups is 1. The molecular weight excluding hydrogens is 336 g/mol. The number of halogens is 2. The monoisotopic (exact) mass is 344 g/mol. The molecule has 0 aliphatic carbocycles. The lowest BCUT2D eigenvalue weighted by Crippen LogP contribution is -2.05. The number of hydrogen-bond acceptors (Lipinski definition) is 4. The maximum atomic E-state index is 10.4. The topological polar surface area (TPSA) is 46.0 Å². The molecule has 0 radical (unpaired) electrons. The normalized spacial score (nSPS) is 12.4. The minimum Gasteiger partial charge on any atom is -0.383 e. The van der Waals surface area contributed by atoms with Crippen LogP contribution in [0.1, 0.15) is 17.2 Å². The summed E-state index contributed by atoms with van der Waals surface area (Å²) in [4.78, 5) is 8.25. The molecule has 1 N–H and O–H groups in total. The van der Waals surface area contributed by atoms with Crippen LogP contribution in [0.2, 0.25) is 5.15 Å². The Kier molecular flexibility index (Phi) is 4.61. The Morgan fingerprint density at radius 2 is 1.94 bits per heavy atom. The van der Waals surface area contributed by atoms with E-state index in [4.69, 9.17) is 11.6 Å². The van der Waals surface area contributed by atoms with Gasteiger partial charge in [0.15, 0.2) is 4.73 Å². The average molecular weight is 346 g/mol. The van der Waals surface area contributed by atoms with E-state index >= 15 is 0 Å². The second-order valence-corrected chi connectivity index (χ2v) is 5.38. The van der Waals surface area contributed by atoms with Crippen molar-refractivity contribution >= 4 is 39.3 Å². The molecule has 0 amide bonds. The van der Waals surface area contributed by atoms with E-state index in [0.29, 0.717) is 15.3 Å². The van der Waals surface area contributed by atoms with E-state index in [0.717, 1.165) is 5.56 Å². The highest BCUT2D eigenvalue weighted by molar-refractivity contribution is 9.10. The predicted molar refractivity (Wildman–Crippen MR) is 77.0 cm³/mol. The summed E-state index contributed by atoms with van der Waals surface area (Å²) in [7, 11) is 0. The van der Waals surface area contributed by atoms with Gasteiger partial charge >= 0.3 is 0 Å². The van der Waals surface area contributed by atoms with Crippen molar-refractivity contribution in [3.8, 4) is 0 Å². The third kappa shape index (κ3) is 2.85. The lowest BCUT2D eigenvalue weighted by molar-refractivity contribution is 0.216. The number of aliphatic hydroxyl groups excluding tert-OH is 1. The van der Waals surface area contributed by atoms with E-state index in [1.165, 1.54) is 11.8 Å². The van der Waals surface area contributed by atoms with Gasteiger partial charge < -0.3 is 5.11 Å². The summed E-state index contributed by atoms with van der Waals surface area (Å²) < 4.78 is 0.417.